The quantitative estimate of drug-likeness (QED) is 0.392. The summed E-state index contributed by atoms with van der Waals surface area (Å²) in [4.78, 5) is 24.9. The zero-order chi connectivity index (χ0) is 25.8. The number of pyridine rings is 1. The number of aromatic nitrogens is 3. The number of carbonyl (C=O) groups is 1. The third-order valence-corrected chi connectivity index (χ3v) is 5.28. The summed E-state index contributed by atoms with van der Waals surface area (Å²) in [5.41, 5.74) is 1.83. The predicted octanol–water partition coefficient (Wildman–Crippen LogP) is 4.44. The minimum absolute atomic E-state index is 0.117. The molecule has 186 valence electrons. The molecule has 0 fully saturated rings. The van der Waals surface area contributed by atoms with Gasteiger partial charge in [-0.1, -0.05) is 0 Å². The number of nitrogens with one attached hydrogen (secondary N) is 1. The molecule has 0 aliphatic carbocycles. The standard InChI is InChI=1S/C26H24F2N4O4/c1-4-35-24-12-26(34)31(2)15-20(24)19-11-18(30-25(33)9-16-13-29-32(3)14-16)6-8-22(19)36-23-7-5-17(27)10-21(23)28/h5-8,10-15H,4,9H2,1-3H3,(H,30,33). The van der Waals surface area contributed by atoms with E-state index in [1.165, 1.54) is 16.7 Å². The van der Waals surface area contributed by atoms with Crippen molar-refractivity contribution in [3.63, 3.8) is 0 Å². The average Bonchev–Trinajstić information content (AvgIpc) is 3.23. The number of halogens is 2. The van der Waals surface area contributed by atoms with E-state index in [0.29, 0.717) is 29.2 Å². The largest absolute Gasteiger partial charge is 0.493 e. The molecule has 0 unspecified atom stereocenters. The van der Waals surface area contributed by atoms with Gasteiger partial charge in [-0.3, -0.25) is 14.3 Å². The molecule has 0 bridgehead atoms. The van der Waals surface area contributed by atoms with Crippen LogP contribution in [0.2, 0.25) is 0 Å². The van der Waals surface area contributed by atoms with Crippen molar-refractivity contribution in [2.45, 2.75) is 13.3 Å². The molecular formula is C26H24F2N4O4. The lowest BCUT2D eigenvalue weighted by Gasteiger charge is -2.17. The maximum atomic E-state index is 14.3. The van der Waals surface area contributed by atoms with Crippen molar-refractivity contribution in [1.29, 1.82) is 0 Å². The first-order chi connectivity index (χ1) is 17.2. The van der Waals surface area contributed by atoms with E-state index in [2.05, 4.69) is 10.4 Å². The molecule has 0 atom stereocenters. The second-order valence-electron chi connectivity index (χ2n) is 8.07. The summed E-state index contributed by atoms with van der Waals surface area (Å²) >= 11 is 0. The third kappa shape index (κ3) is 5.60. The fourth-order valence-electron chi connectivity index (χ4n) is 3.63. The smallest absolute Gasteiger partial charge is 0.254 e. The highest BCUT2D eigenvalue weighted by molar-refractivity contribution is 5.93. The molecule has 4 aromatic rings. The van der Waals surface area contributed by atoms with Crippen molar-refractivity contribution in [1.82, 2.24) is 14.3 Å². The number of nitrogens with zero attached hydrogens (tertiary/aromatic N) is 3. The van der Waals surface area contributed by atoms with Gasteiger partial charge in [-0.05, 0) is 42.8 Å². The second-order valence-corrected chi connectivity index (χ2v) is 8.07. The van der Waals surface area contributed by atoms with E-state index in [1.54, 1.807) is 62.5 Å². The molecule has 1 amide bonds. The van der Waals surface area contributed by atoms with E-state index in [1.807, 2.05) is 0 Å². The highest BCUT2D eigenvalue weighted by Gasteiger charge is 2.18. The van der Waals surface area contributed by atoms with Gasteiger partial charge in [0.2, 0.25) is 5.91 Å². The minimum Gasteiger partial charge on any atom is -0.493 e. The summed E-state index contributed by atoms with van der Waals surface area (Å²) < 4.78 is 42.2. The molecular weight excluding hydrogens is 470 g/mol. The van der Waals surface area contributed by atoms with Crippen molar-refractivity contribution < 1.29 is 23.0 Å². The van der Waals surface area contributed by atoms with Crippen LogP contribution in [0.25, 0.3) is 11.1 Å². The van der Waals surface area contributed by atoms with Crippen LogP contribution in [0, 0.1) is 11.6 Å². The van der Waals surface area contributed by atoms with Gasteiger partial charge in [0, 0.05) is 55.4 Å². The summed E-state index contributed by atoms with van der Waals surface area (Å²) in [6.45, 7) is 2.08. The van der Waals surface area contributed by atoms with Crippen LogP contribution < -0.4 is 20.3 Å². The molecule has 8 nitrogen and oxygen atoms in total. The number of amides is 1. The number of carbonyl (C=O) groups excluding carboxylic acids is 1. The van der Waals surface area contributed by atoms with E-state index in [9.17, 15) is 18.4 Å². The van der Waals surface area contributed by atoms with E-state index >= 15 is 0 Å². The Balaban J connectivity index is 1.75. The first-order valence-corrected chi connectivity index (χ1v) is 11.1. The molecule has 1 N–H and O–H groups in total. The van der Waals surface area contributed by atoms with E-state index in [0.717, 1.165) is 17.7 Å². The highest BCUT2D eigenvalue weighted by Crippen LogP contribution is 2.40. The number of ether oxygens (including phenoxy) is 2. The lowest BCUT2D eigenvalue weighted by atomic mass is 10.0. The Morgan fingerprint density at radius 2 is 1.78 bits per heavy atom. The van der Waals surface area contributed by atoms with E-state index in [4.69, 9.17) is 9.47 Å². The van der Waals surface area contributed by atoms with Crippen molar-refractivity contribution in [2.75, 3.05) is 11.9 Å². The topological polar surface area (TPSA) is 87.4 Å². The van der Waals surface area contributed by atoms with Gasteiger partial charge < -0.3 is 19.4 Å². The van der Waals surface area contributed by atoms with Crippen LogP contribution >= 0.6 is 0 Å². The zero-order valence-corrected chi connectivity index (χ0v) is 19.9. The minimum atomic E-state index is -0.875. The molecule has 0 saturated carbocycles. The number of benzene rings is 2. The molecule has 0 aliphatic heterocycles. The summed E-state index contributed by atoms with van der Waals surface area (Å²) in [6, 6.07) is 9.13. The SMILES string of the molecule is CCOc1cc(=O)n(C)cc1-c1cc(NC(=O)Cc2cnn(C)c2)ccc1Oc1ccc(F)cc1F. The van der Waals surface area contributed by atoms with Gasteiger partial charge in [-0.25, -0.2) is 8.78 Å². The van der Waals surface area contributed by atoms with Crippen molar-refractivity contribution >= 4 is 11.6 Å². The zero-order valence-electron chi connectivity index (χ0n) is 19.9. The molecule has 0 saturated heterocycles. The van der Waals surface area contributed by atoms with Gasteiger partial charge in [0.15, 0.2) is 11.6 Å². The van der Waals surface area contributed by atoms with Crippen LogP contribution in [0.1, 0.15) is 12.5 Å². The van der Waals surface area contributed by atoms with Crippen LogP contribution in [-0.2, 0) is 25.3 Å². The monoisotopic (exact) mass is 494 g/mol. The average molecular weight is 494 g/mol. The fraction of sp³-hybridized carbons (Fsp3) is 0.192. The van der Waals surface area contributed by atoms with Gasteiger partial charge in [-0.2, -0.15) is 5.10 Å². The lowest BCUT2D eigenvalue weighted by Crippen LogP contribution is -2.16. The number of hydrogen-bond donors (Lipinski definition) is 1. The molecule has 2 aromatic carbocycles. The lowest BCUT2D eigenvalue weighted by molar-refractivity contribution is -0.115. The summed E-state index contributed by atoms with van der Waals surface area (Å²) in [6.07, 6.45) is 5.04. The summed E-state index contributed by atoms with van der Waals surface area (Å²) in [5.74, 6) is -1.55. The van der Waals surface area contributed by atoms with Crippen molar-refractivity contribution in [3.8, 4) is 28.4 Å². The number of rotatable bonds is 8. The van der Waals surface area contributed by atoms with Gasteiger partial charge in [0.05, 0.1) is 19.2 Å². The van der Waals surface area contributed by atoms with Gasteiger partial charge in [0.1, 0.15) is 17.3 Å². The summed E-state index contributed by atoms with van der Waals surface area (Å²) in [5, 5.41) is 6.89. The number of hydrogen-bond acceptors (Lipinski definition) is 5. The van der Waals surface area contributed by atoms with Crippen LogP contribution in [0.4, 0.5) is 14.5 Å². The Morgan fingerprint density at radius 3 is 2.47 bits per heavy atom. The Morgan fingerprint density at radius 1 is 1.00 bits per heavy atom. The maximum Gasteiger partial charge on any atom is 0.254 e. The van der Waals surface area contributed by atoms with Gasteiger partial charge in [0.25, 0.3) is 5.56 Å². The van der Waals surface area contributed by atoms with E-state index < -0.39 is 11.6 Å². The maximum absolute atomic E-state index is 14.3. The molecule has 2 heterocycles. The van der Waals surface area contributed by atoms with Gasteiger partial charge >= 0.3 is 0 Å². The predicted molar refractivity (Wildman–Crippen MR) is 130 cm³/mol. The number of anilines is 1. The third-order valence-electron chi connectivity index (χ3n) is 5.28. The fourth-order valence-corrected chi connectivity index (χ4v) is 3.63. The Kier molecular flexibility index (Phi) is 7.14. The van der Waals surface area contributed by atoms with E-state index in [-0.39, 0.29) is 29.4 Å². The normalized spacial score (nSPS) is 10.8. The molecule has 0 aliphatic rings. The molecule has 10 heteroatoms. The van der Waals surface area contributed by atoms with Crippen LogP contribution in [-0.4, -0.2) is 26.9 Å². The van der Waals surface area contributed by atoms with Crippen molar-refractivity contribution in [2.24, 2.45) is 14.1 Å². The molecule has 0 radical (unpaired) electrons. The molecule has 36 heavy (non-hydrogen) atoms. The Labute approximate surface area is 205 Å². The summed E-state index contributed by atoms with van der Waals surface area (Å²) in [7, 11) is 3.35. The van der Waals surface area contributed by atoms with Gasteiger partial charge in [-0.15, -0.1) is 0 Å². The first kappa shape index (κ1) is 24.6. The van der Waals surface area contributed by atoms with Crippen LogP contribution in [0.5, 0.6) is 17.2 Å². The first-order valence-electron chi connectivity index (χ1n) is 11.1. The molecule has 0 spiro atoms. The number of aryl methyl sites for hydroxylation is 2. The highest BCUT2D eigenvalue weighted by atomic mass is 19.1. The van der Waals surface area contributed by atoms with Crippen LogP contribution in [0.15, 0.2) is 65.8 Å². The molecule has 2 aromatic heterocycles. The molecule has 4 rings (SSSR count). The Bertz CT molecular complexity index is 1480. The van der Waals surface area contributed by atoms with Crippen molar-refractivity contribution in [3.05, 3.63) is 88.6 Å². The van der Waals surface area contributed by atoms with Crippen LogP contribution in [0.3, 0.4) is 0 Å². The Hall–Kier alpha value is -4.47. The second kappa shape index (κ2) is 10.4.